The molecule has 1 amide bonds. The summed E-state index contributed by atoms with van der Waals surface area (Å²) in [6.45, 7) is 2.89. The zero-order valence-electron chi connectivity index (χ0n) is 13.2. The molecule has 0 unspecified atom stereocenters. The molecule has 0 aliphatic carbocycles. The molecule has 2 aromatic rings. The average Bonchev–Trinajstić information content (AvgIpc) is 2.58. The molecule has 1 heterocycles. The Kier molecular flexibility index (Phi) is 5.87. The van der Waals surface area contributed by atoms with E-state index in [1.165, 1.54) is 0 Å². The van der Waals surface area contributed by atoms with Crippen LogP contribution in [0.5, 0.6) is 11.5 Å². The van der Waals surface area contributed by atoms with Crippen molar-refractivity contribution < 1.29 is 14.3 Å². The van der Waals surface area contributed by atoms with Crippen LogP contribution in [0.4, 0.5) is 0 Å². The molecule has 122 valence electrons. The van der Waals surface area contributed by atoms with Gasteiger partial charge < -0.3 is 20.5 Å². The number of aromatic nitrogens is 2. The standard InChI is InChI=1S/C16H20N4O3/c1-11-8-19-13(9-18-11)10-20-16(21)12-3-4-14(22-2)15(7-12)23-6-5-17/h3-4,7-9H,5-6,10,17H2,1-2H3,(H,20,21). The van der Waals surface area contributed by atoms with E-state index in [1.807, 2.05) is 6.92 Å². The Morgan fingerprint density at radius 2 is 2.09 bits per heavy atom. The first-order valence-electron chi connectivity index (χ1n) is 7.20. The number of hydrogen-bond acceptors (Lipinski definition) is 6. The molecule has 23 heavy (non-hydrogen) atoms. The normalized spacial score (nSPS) is 10.2. The minimum Gasteiger partial charge on any atom is -0.493 e. The summed E-state index contributed by atoms with van der Waals surface area (Å²) < 4.78 is 10.7. The van der Waals surface area contributed by atoms with Crippen LogP contribution in [0, 0.1) is 6.92 Å². The van der Waals surface area contributed by atoms with Crippen molar-refractivity contribution in [1.82, 2.24) is 15.3 Å². The number of nitrogens with two attached hydrogens (primary N) is 1. The van der Waals surface area contributed by atoms with Crippen LogP contribution in [-0.2, 0) is 6.54 Å². The summed E-state index contributed by atoms with van der Waals surface area (Å²) in [7, 11) is 1.54. The van der Waals surface area contributed by atoms with Gasteiger partial charge in [0.2, 0.25) is 0 Å². The summed E-state index contributed by atoms with van der Waals surface area (Å²) in [5, 5.41) is 2.79. The number of benzene rings is 1. The van der Waals surface area contributed by atoms with Crippen LogP contribution in [0.3, 0.4) is 0 Å². The van der Waals surface area contributed by atoms with E-state index in [1.54, 1.807) is 37.7 Å². The Hall–Kier alpha value is -2.67. The number of rotatable bonds is 7. The Balaban J connectivity index is 2.04. The Labute approximate surface area is 134 Å². The van der Waals surface area contributed by atoms with Crippen LogP contribution in [0.15, 0.2) is 30.6 Å². The number of carbonyl (C=O) groups is 1. The molecule has 1 aromatic carbocycles. The van der Waals surface area contributed by atoms with Crippen LogP contribution in [0.1, 0.15) is 21.7 Å². The van der Waals surface area contributed by atoms with Crippen LogP contribution < -0.4 is 20.5 Å². The Bertz CT molecular complexity index is 659. The fourth-order valence-corrected chi connectivity index (χ4v) is 1.88. The minimum atomic E-state index is -0.229. The van der Waals surface area contributed by atoms with Gasteiger partial charge in [-0.25, -0.2) is 0 Å². The first-order chi connectivity index (χ1) is 11.1. The molecule has 0 saturated heterocycles. The van der Waals surface area contributed by atoms with E-state index < -0.39 is 0 Å². The second kappa shape index (κ2) is 8.09. The molecule has 0 radical (unpaired) electrons. The van der Waals surface area contributed by atoms with E-state index in [0.29, 0.717) is 42.5 Å². The number of aryl methyl sites for hydroxylation is 1. The van der Waals surface area contributed by atoms with Crippen LogP contribution in [0.2, 0.25) is 0 Å². The molecule has 0 atom stereocenters. The topological polar surface area (TPSA) is 99.4 Å². The van der Waals surface area contributed by atoms with Gasteiger partial charge in [0.15, 0.2) is 11.5 Å². The summed E-state index contributed by atoms with van der Waals surface area (Å²) in [6, 6.07) is 4.99. The molecule has 3 N–H and O–H groups in total. The van der Waals surface area contributed by atoms with Gasteiger partial charge in [0.25, 0.3) is 5.91 Å². The van der Waals surface area contributed by atoms with Crippen molar-refractivity contribution >= 4 is 5.91 Å². The Morgan fingerprint density at radius 3 is 2.74 bits per heavy atom. The molecule has 0 saturated carbocycles. The van der Waals surface area contributed by atoms with Crippen molar-refractivity contribution in [1.29, 1.82) is 0 Å². The highest BCUT2D eigenvalue weighted by Crippen LogP contribution is 2.27. The van der Waals surface area contributed by atoms with Crippen molar-refractivity contribution in [2.45, 2.75) is 13.5 Å². The minimum absolute atomic E-state index is 0.229. The molecule has 2 rings (SSSR count). The lowest BCUT2D eigenvalue weighted by Crippen LogP contribution is -2.23. The molecule has 0 fully saturated rings. The summed E-state index contributed by atoms with van der Waals surface area (Å²) in [6.07, 6.45) is 3.30. The SMILES string of the molecule is COc1ccc(C(=O)NCc2cnc(C)cn2)cc1OCCN. The van der Waals surface area contributed by atoms with Gasteiger partial charge in [-0.05, 0) is 25.1 Å². The second-order valence-corrected chi connectivity index (χ2v) is 4.83. The third-order valence-electron chi connectivity index (χ3n) is 3.07. The molecule has 0 aliphatic heterocycles. The number of nitrogens with zero attached hydrogens (tertiary/aromatic N) is 2. The number of carbonyl (C=O) groups excluding carboxylic acids is 1. The number of amides is 1. The maximum atomic E-state index is 12.2. The number of methoxy groups -OCH3 is 1. The second-order valence-electron chi connectivity index (χ2n) is 4.83. The molecule has 1 aromatic heterocycles. The van der Waals surface area contributed by atoms with Crippen molar-refractivity contribution in [3.63, 3.8) is 0 Å². The Morgan fingerprint density at radius 1 is 1.26 bits per heavy atom. The van der Waals surface area contributed by atoms with E-state index >= 15 is 0 Å². The number of hydrogen-bond donors (Lipinski definition) is 2. The average molecular weight is 316 g/mol. The van der Waals surface area contributed by atoms with Crippen molar-refractivity contribution in [3.05, 3.63) is 47.5 Å². The van der Waals surface area contributed by atoms with E-state index in [-0.39, 0.29) is 5.91 Å². The van der Waals surface area contributed by atoms with Crippen LogP contribution >= 0.6 is 0 Å². The smallest absolute Gasteiger partial charge is 0.251 e. The highest BCUT2D eigenvalue weighted by Gasteiger charge is 2.11. The van der Waals surface area contributed by atoms with E-state index in [2.05, 4.69) is 15.3 Å². The molecule has 7 nitrogen and oxygen atoms in total. The monoisotopic (exact) mass is 316 g/mol. The molecule has 0 bridgehead atoms. The van der Waals surface area contributed by atoms with Crippen molar-refractivity contribution in [2.24, 2.45) is 5.73 Å². The summed E-state index contributed by atoms with van der Waals surface area (Å²) in [5.41, 5.74) is 7.42. The van der Waals surface area contributed by atoms with Gasteiger partial charge in [0.1, 0.15) is 6.61 Å². The van der Waals surface area contributed by atoms with Gasteiger partial charge in [-0.3, -0.25) is 14.8 Å². The number of ether oxygens (including phenoxy) is 2. The highest BCUT2D eigenvalue weighted by atomic mass is 16.5. The predicted molar refractivity (Wildman–Crippen MR) is 85.5 cm³/mol. The van der Waals surface area contributed by atoms with Gasteiger partial charge in [-0.2, -0.15) is 0 Å². The molecule has 0 aliphatic rings. The zero-order valence-corrected chi connectivity index (χ0v) is 13.2. The van der Waals surface area contributed by atoms with E-state index in [4.69, 9.17) is 15.2 Å². The van der Waals surface area contributed by atoms with Gasteiger partial charge in [-0.1, -0.05) is 0 Å². The molecular formula is C16H20N4O3. The molecular weight excluding hydrogens is 296 g/mol. The quantitative estimate of drug-likeness (QED) is 0.792. The van der Waals surface area contributed by atoms with Gasteiger partial charge in [-0.15, -0.1) is 0 Å². The third-order valence-corrected chi connectivity index (χ3v) is 3.07. The van der Waals surface area contributed by atoms with Gasteiger partial charge in [0, 0.05) is 18.3 Å². The zero-order chi connectivity index (χ0) is 16.7. The lowest BCUT2D eigenvalue weighted by molar-refractivity contribution is 0.0950. The van der Waals surface area contributed by atoms with Gasteiger partial charge in [0.05, 0.1) is 31.2 Å². The van der Waals surface area contributed by atoms with Crippen molar-refractivity contribution in [2.75, 3.05) is 20.3 Å². The van der Waals surface area contributed by atoms with Gasteiger partial charge >= 0.3 is 0 Å². The van der Waals surface area contributed by atoms with Crippen LogP contribution in [-0.4, -0.2) is 36.1 Å². The van der Waals surface area contributed by atoms with Crippen molar-refractivity contribution in [3.8, 4) is 11.5 Å². The molecule has 7 heteroatoms. The summed E-state index contributed by atoms with van der Waals surface area (Å²) in [5.74, 6) is 0.813. The first kappa shape index (κ1) is 16.7. The predicted octanol–water partition coefficient (Wildman–Crippen LogP) is 1.06. The highest BCUT2D eigenvalue weighted by molar-refractivity contribution is 5.94. The fraction of sp³-hybridized carbons (Fsp3) is 0.312. The third kappa shape index (κ3) is 4.65. The maximum absolute atomic E-state index is 12.2. The molecule has 0 spiro atoms. The van der Waals surface area contributed by atoms with E-state index in [0.717, 1.165) is 5.69 Å². The number of nitrogens with one attached hydrogen (secondary N) is 1. The first-order valence-corrected chi connectivity index (χ1v) is 7.20. The van der Waals surface area contributed by atoms with E-state index in [9.17, 15) is 4.79 Å². The summed E-state index contributed by atoms with van der Waals surface area (Å²) >= 11 is 0. The lowest BCUT2D eigenvalue weighted by atomic mass is 10.2. The maximum Gasteiger partial charge on any atom is 0.251 e. The lowest BCUT2D eigenvalue weighted by Gasteiger charge is -2.12. The fourth-order valence-electron chi connectivity index (χ4n) is 1.88. The van der Waals surface area contributed by atoms with Crippen LogP contribution in [0.25, 0.3) is 0 Å². The largest absolute Gasteiger partial charge is 0.493 e. The summed E-state index contributed by atoms with van der Waals surface area (Å²) in [4.78, 5) is 20.6.